The van der Waals surface area contributed by atoms with Crippen molar-refractivity contribution in [2.45, 2.75) is 70.4 Å². The van der Waals surface area contributed by atoms with Crippen molar-refractivity contribution < 1.29 is 24.6 Å². The van der Waals surface area contributed by atoms with E-state index in [1.165, 1.54) is 29.3 Å². The Balaban J connectivity index is 1.75. The summed E-state index contributed by atoms with van der Waals surface area (Å²) < 4.78 is 0. The Morgan fingerprint density at radius 2 is 1.66 bits per heavy atom. The molecule has 2 unspecified atom stereocenters. The number of piperazine rings is 1. The lowest BCUT2D eigenvalue weighted by molar-refractivity contribution is -0.143. The zero-order chi connectivity index (χ0) is 27.8. The summed E-state index contributed by atoms with van der Waals surface area (Å²) in [6.45, 7) is 12.6. The van der Waals surface area contributed by atoms with E-state index in [0.717, 1.165) is 24.0 Å². The van der Waals surface area contributed by atoms with E-state index in [9.17, 15) is 19.5 Å². The van der Waals surface area contributed by atoms with Crippen molar-refractivity contribution in [3.8, 4) is 0 Å². The molecular formula is C31H38N2O5. The molecule has 1 aliphatic carbocycles. The van der Waals surface area contributed by atoms with Gasteiger partial charge in [0.2, 0.25) is 0 Å². The maximum atomic E-state index is 13.5. The van der Waals surface area contributed by atoms with Crippen molar-refractivity contribution in [2.75, 3.05) is 19.6 Å². The van der Waals surface area contributed by atoms with Gasteiger partial charge in [-0.2, -0.15) is 0 Å². The standard InChI is InChI=1S/C31H38N2O5/c1-19(28(35)36)33-15-14-32-25(18-33)23-16-22(17-24-27(23)31(4,5)13-12-30(24,2)3)26(34)11-8-20-6-9-21(10-7-20)29(37)38/h6-11,16-17,19,25,32H,12-15,18H2,1-5H3,(H,35,36)(H,37,38)/b11-8+. The van der Waals surface area contributed by atoms with Gasteiger partial charge in [-0.3, -0.25) is 14.5 Å². The van der Waals surface area contributed by atoms with Gasteiger partial charge in [0.1, 0.15) is 6.04 Å². The van der Waals surface area contributed by atoms with Crippen LogP contribution in [0.4, 0.5) is 0 Å². The number of nitrogens with one attached hydrogen (secondary N) is 1. The Bertz CT molecular complexity index is 1280. The highest BCUT2D eigenvalue weighted by Gasteiger charge is 2.41. The lowest BCUT2D eigenvalue weighted by Crippen LogP contribution is -2.52. The number of aliphatic carboxylic acids is 1. The summed E-state index contributed by atoms with van der Waals surface area (Å²) in [5.74, 6) is -1.95. The fourth-order valence-corrected chi connectivity index (χ4v) is 5.75. The first-order valence-electron chi connectivity index (χ1n) is 13.2. The van der Waals surface area contributed by atoms with E-state index in [1.54, 1.807) is 25.1 Å². The number of fused-ring (bicyclic) bond motifs is 1. The maximum Gasteiger partial charge on any atom is 0.335 e. The van der Waals surface area contributed by atoms with Gasteiger partial charge in [0.15, 0.2) is 5.78 Å². The van der Waals surface area contributed by atoms with Crippen molar-refractivity contribution in [3.63, 3.8) is 0 Å². The van der Waals surface area contributed by atoms with E-state index in [-0.39, 0.29) is 28.2 Å². The van der Waals surface area contributed by atoms with Crippen molar-refractivity contribution in [1.29, 1.82) is 0 Å². The average Bonchev–Trinajstić information content (AvgIpc) is 2.89. The van der Waals surface area contributed by atoms with Gasteiger partial charge in [-0.05, 0) is 83.2 Å². The van der Waals surface area contributed by atoms with E-state index >= 15 is 0 Å². The molecule has 2 aromatic rings. The van der Waals surface area contributed by atoms with Crippen molar-refractivity contribution in [1.82, 2.24) is 10.2 Å². The highest BCUT2D eigenvalue weighted by atomic mass is 16.4. The number of carbonyl (C=O) groups is 3. The fourth-order valence-electron chi connectivity index (χ4n) is 5.75. The van der Waals surface area contributed by atoms with Gasteiger partial charge in [0, 0.05) is 31.2 Å². The lowest BCUT2D eigenvalue weighted by Gasteiger charge is -2.45. The summed E-state index contributed by atoms with van der Waals surface area (Å²) in [5, 5.41) is 22.3. The van der Waals surface area contributed by atoms with Crippen LogP contribution in [0.1, 0.15) is 96.5 Å². The lowest BCUT2D eigenvalue weighted by atomic mass is 9.61. The monoisotopic (exact) mass is 518 g/mol. The zero-order valence-corrected chi connectivity index (χ0v) is 22.9. The number of carboxylic acids is 2. The largest absolute Gasteiger partial charge is 0.480 e. The first-order valence-corrected chi connectivity index (χ1v) is 13.2. The molecule has 2 aromatic carbocycles. The molecular weight excluding hydrogens is 480 g/mol. The summed E-state index contributed by atoms with van der Waals surface area (Å²) in [7, 11) is 0. The van der Waals surface area contributed by atoms with Crippen LogP contribution in [0.15, 0.2) is 42.5 Å². The van der Waals surface area contributed by atoms with Gasteiger partial charge in [-0.1, -0.05) is 45.9 Å². The first-order chi connectivity index (χ1) is 17.8. The number of benzene rings is 2. The minimum Gasteiger partial charge on any atom is -0.480 e. The Morgan fingerprint density at radius 1 is 1.00 bits per heavy atom. The Hall–Kier alpha value is -3.29. The van der Waals surface area contributed by atoms with Crippen LogP contribution < -0.4 is 5.32 Å². The molecule has 3 N–H and O–H groups in total. The van der Waals surface area contributed by atoms with Crippen LogP contribution in [-0.2, 0) is 15.6 Å². The Labute approximate surface area is 224 Å². The third kappa shape index (κ3) is 5.59. The summed E-state index contributed by atoms with van der Waals surface area (Å²) in [6, 6.07) is 9.77. The molecule has 0 spiro atoms. The predicted molar refractivity (Wildman–Crippen MR) is 148 cm³/mol. The molecule has 7 heteroatoms. The molecule has 38 heavy (non-hydrogen) atoms. The van der Waals surface area contributed by atoms with E-state index in [2.05, 4.69) is 33.0 Å². The fraction of sp³-hybridized carbons (Fsp3) is 0.452. The topological polar surface area (TPSA) is 107 Å². The van der Waals surface area contributed by atoms with E-state index in [1.807, 2.05) is 17.0 Å². The molecule has 0 radical (unpaired) electrons. The van der Waals surface area contributed by atoms with Crippen LogP contribution in [0, 0.1) is 0 Å². The minimum atomic E-state index is -0.989. The van der Waals surface area contributed by atoms with Gasteiger partial charge in [0.25, 0.3) is 0 Å². The Morgan fingerprint density at radius 3 is 2.29 bits per heavy atom. The highest BCUT2D eigenvalue weighted by Crippen LogP contribution is 2.49. The number of nitrogens with zero attached hydrogens (tertiary/aromatic N) is 1. The summed E-state index contributed by atoms with van der Waals surface area (Å²) in [6.07, 6.45) is 5.28. The third-order valence-electron chi connectivity index (χ3n) is 8.31. The highest BCUT2D eigenvalue weighted by molar-refractivity contribution is 6.07. The van der Waals surface area contributed by atoms with Crippen LogP contribution >= 0.6 is 0 Å². The number of aromatic carboxylic acids is 1. The molecule has 1 saturated heterocycles. The molecule has 4 rings (SSSR count). The number of ketones is 1. The van der Waals surface area contributed by atoms with Gasteiger partial charge in [0.05, 0.1) is 5.56 Å². The van der Waals surface area contributed by atoms with Gasteiger partial charge < -0.3 is 15.5 Å². The summed E-state index contributed by atoms with van der Waals surface area (Å²) in [5.41, 5.74) is 4.89. The maximum absolute atomic E-state index is 13.5. The molecule has 7 nitrogen and oxygen atoms in total. The van der Waals surface area contributed by atoms with Gasteiger partial charge in [-0.25, -0.2) is 4.79 Å². The molecule has 0 aromatic heterocycles. The van der Waals surface area contributed by atoms with Crippen LogP contribution in [0.5, 0.6) is 0 Å². The normalized spacial score (nSPS) is 21.6. The number of carboxylic acid groups (broad SMARTS) is 2. The van der Waals surface area contributed by atoms with Crippen molar-refractivity contribution in [3.05, 3.63) is 75.9 Å². The quantitative estimate of drug-likeness (QED) is 0.348. The molecule has 1 heterocycles. The van der Waals surface area contributed by atoms with Crippen LogP contribution in [0.3, 0.4) is 0 Å². The first kappa shape index (κ1) is 27.7. The second-order valence-electron chi connectivity index (χ2n) is 11.9. The summed E-state index contributed by atoms with van der Waals surface area (Å²) >= 11 is 0. The smallest absolute Gasteiger partial charge is 0.335 e. The molecule has 0 amide bonds. The molecule has 2 atom stereocenters. The van der Waals surface area contributed by atoms with Crippen molar-refractivity contribution >= 4 is 23.8 Å². The third-order valence-corrected chi connectivity index (χ3v) is 8.31. The number of hydrogen-bond acceptors (Lipinski definition) is 5. The minimum absolute atomic E-state index is 0.0775. The van der Waals surface area contributed by atoms with Crippen LogP contribution in [0.2, 0.25) is 0 Å². The molecule has 1 aliphatic heterocycles. The van der Waals surface area contributed by atoms with Crippen LogP contribution in [0.25, 0.3) is 6.08 Å². The molecule has 2 aliphatic rings. The zero-order valence-electron chi connectivity index (χ0n) is 22.9. The molecule has 0 saturated carbocycles. The van der Waals surface area contributed by atoms with E-state index < -0.39 is 18.0 Å². The van der Waals surface area contributed by atoms with E-state index in [4.69, 9.17) is 5.11 Å². The molecule has 0 bridgehead atoms. The number of allylic oxidation sites excluding steroid dienone is 1. The van der Waals surface area contributed by atoms with Crippen LogP contribution in [-0.4, -0.2) is 58.5 Å². The van der Waals surface area contributed by atoms with E-state index in [0.29, 0.717) is 25.2 Å². The van der Waals surface area contributed by atoms with Gasteiger partial charge >= 0.3 is 11.9 Å². The Kier molecular flexibility index (Phi) is 7.64. The predicted octanol–water partition coefficient (Wildman–Crippen LogP) is 5.05. The summed E-state index contributed by atoms with van der Waals surface area (Å²) in [4.78, 5) is 38.3. The second kappa shape index (κ2) is 10.5. The molecule has 202 valence electrons. The van der Waals surface area contributed by atoms with Crippen molar-refractivity contribution in [2.24, 2.45) is 0 Å². The molecule has 1 fully saturated rings. The SMILES string of the molecule is CC(C(=O)O)N1CCNC(c2cc(C(=O)/C=C/c3ccc(C(=O)O)cc3)cc3c2C(C)(C)CCC3(C)C)C1. The number of rotatable bonds is 7. The van der Waals surface area contributed by atoms with Gasteiger partial charge in [-0.15, -0.1) is 0 Å². The number of carbonyl (C=O) groups excluding carboxylic acids is 1. The number of hydrogen-bond donors (Lipinski definition) is 3. The second-order valence-corrected chi connectivity index (χ2v) is 11.9. The average molecular weight is 519 g/mol.